The highest BCUT2D eigenvalue weighted by molar-refractivity contribution is 6.30. The first-order valence-electron chi connectivity index (χ1n) is 5.25. The molecule has 98 valence electrons. The maximum absolute atomic E-state index is 11.3. The first-order valence-corrected chi connectivity index (χ1v) is 5.63. The highest BCUT2D eigenvalue weighted by Crippen LogP contribution is 2.21. The quantitative estimate of drug-likeness (QED) is 0.821. The lowest BCUT2D eigenvalue weighted by atomic mass is 10.2. The fraction of sp³-hybridized carbons (Fsp3) is 0.333. The van der Waals surface area contributed by atoms with Crippen molar-refractivity contribution in [1.82, 2.24) is 5.32 Å². The molecule has 0 radical (unpaired) electrons. The predicted molar refractivity (Wildman–Crippen MR) is 66.7 cm³/mol. The van der Waals surface area contributed by atoms with E-state index in [1.807, 2.05) is 6.92 Å². The van der Waals surface area contributed by atoms with Crippen molar-refractivity contribution >= 4 is 23.5 Å². The number of halogens is 1. The van der Waals surface area contributed by atoms with Crippen LogP contribution in [0.25, 0.3) is 0 Å². The van der Waals surface area contributed by atoms with Crippen LogP contribution in [0.1, 0.15) is 5.56 Å². The molecule has 18 heavy (non-hydrogen) atoms. The van der Waals surface area contributed by atoms with Crippen molar-refractivity contribution in [2.75, 3.05) is 20.3 Å². The van der Waals surface area contributed by atoms with E-state index in [4.69, 9.17) is 16.3 Å². The number of hydrogen-bond acceptors (Lipinski definition) is 4. The van der Waals surface area contributed by atoms with Gasteiger partial charge in [0.25, 0.3) is 5.91 Å². The Bertz CT molecular complexity index is 448. The average molecular weight is 272 g/mol. The van der Waals surface area contributed by atoms with Crippen molar-refractivity contribution in [2.24, 2.45) is 0 Å². The van der Waals surface area contributed by atoms with Gasteiger partial charge in [0.1, 0.15) is 12.3 Å². The van der Waals surface area contributed by atoms with Crippen molar-refractivity contribution in [1.29, 1.82) is 0 Å². The van der Waals surface area contributed by atoms with Gasteiger partial charge in [0.15, 0.2) is 6.61 Å². The van der Waals surface area contributed by atoms with Crippen LogP contribution in [0.15, 0.2) is 18.2 Å². The average Bonchev–Trinajstić information content (AvgIpc) is 2.34. The lowest BCUT2D eigenvalue weighted by Gasteiger charge is -2.09. The van der Waals surface area contributed by atoms with E-state index >= 15 is 0 Å². The Labute approximate surface area is 110 Å². The molecule has 0 heterocycles. The second-order valence-corrected chi connectivity index (χ2v) is 3.99. The molecule has 1 N–H and O–H groups in total. The van der Waals surface area contributed by atoms with Gasteiger partial charge in [-0.15, -0.1) is 0 Å². The molecule has 0 aromatic heterocycles. The molecule has 1 aromatic rings. The van der Waals surface area contributed by atoms with Gasteiger partial charge in [-0.2, -0.15) is 0 Å². The van der Waals surface area contributed by atoms with Crippen LogP contribution in [0, 0.1) is 6.92 Å². The van der Waals surface area contributed by atoms with Gasteiger partial charge in [-0.05, 0) is 30.7 Å². The number of aryl methyl sites for hydroxylation is 1. The van der Waals surface area contributed by atoms with Crippen LogP contribution in [0.4, 0.5) is 0 Å². The summed E-state index contributed by atoms with van der Waals surface area (Å²) in [5, 5.41) is 2.98. The van der Waals surface area contributed by atoms with Gasteiger partial charge in [0.2, 0.25) is 0 Å². The lowest BCUT2D eigenvalue weighted by molar-refractivity contribution is -0.141. The monoisotopic (exact) mass is 271 g/mol. The number of amides is 1. The largest absolute Gasteiger partial charge is 0.484 e. The molecule has 0 saturated carbocycles. The van der Waals surface area contributed by atoms with Gasteiger partial charge in [0.05, 0.1) is 7.11 Å². The van der Waals surface area contributed by atoms with E-state index in [0.717, 1.165) is 5.56 Å². The molecule has 0 atom stereocenters. The SMILES string of the molecule is COC(=O)CNC(=O)COc1ccc(Cl)cc1C. The van der Waals surface area contributed by atoms with E-state index in [0.29, 0.717) is 10.8 Å². The minimum absolute atomic E-state index is 0.167. The maximum Gasteiger partial charge on any atom is 0.325 e. The molecule has 0 aliphatic carbocycles. The van der Waals surface area contributed by atoms with Crippen molar-refractivity contribution < 1.29 is 19.1 Å². The van der Waals surface area contributed by atoms with E-state index < -0.39 is 11.9 Å². The highest BCUT2D eigenvalue weighted by Gasteiger charge is 2.07. The number of esters is 1. The topological polar surface area (TPSA) is 64.6 Å². The third kappa shape index (κ3) is 4.63. The van der Waals surface area contributed by atoms with E-state index in [9.17, 15) is 9.59 Å². The standard InChI is InChI=1S/C12H14ClNO4/c1-8-5-9(13)3-4-10(8)18-7-11(15)14-6-12(16)17-2/h3-5H,6-7H2,1-2H3,(H,14,15). The van der Waals surface area contributed by atoms with Gasteiger partial charge >= 0.3 is 5.97 Å². The summed E-state index contributed by atoms with van der Waals surface area (Å²) in [6.45, 7) is 1.49. The zero-order valence-corrected chi connectivity index (χ0v) is 10.9. The van der Waals surface area contributed by atoms with Gasteiger partial charge in [-0.3, -0.25) is 9.59 Å². The fourth-order valence-electron chi connectivity index (χ4n) is 1.21. The maximum atomic E-state index is 11.3. The van der Waals surface area contributed by atoms with Crippen LogP contribution in [0.2, 0.25) is 5.02 Å². The van der Waals surface area contributed by atoms with Gasteiger partial charge in [0, 0.05) is 5.02 Å². The number of methoxy groups -OCH3 is 1. The van der Waals surface area contributed by atoms with E-state index in [1.165, 1.54) is 7.11 Å². The summed E-state index contributed by atoms with van der Waals surface area (Å²) < 4.78 is 9.68. The summed E-state index contributed by atoms with van der Waals surface area (Å²) >= 11 is 5.79. The Kier molecular flexibility index (Phi) is 5.45. The van der Waals surface area contributed by atoms with Gasteiger partial charge in [-0.1, -0.05) is 11.6 Å². The second kappa shape index (κ2) is 6.86. The summed E-state index contributed by atoms with van der Waals surface area (Å²) in [6.07, 6.45) is 0. The number of carbonyl (C=O) groups excluding carboxylic acids is 2. The molecule has 0 aliphatic heterocycles. The van der Waals surface area contributed by atoms with Crippen LogP contribution in [0.5, 0.6) is 5.75 Å². The smallest absolute Gasteiger partial charge is 0.325 e. The Balaban J connectivity index is 2.40. The van der Waals surface area contributed by atoms with Crippen LogP contribution >= 0.6 is 11.6 Å². The first kappa shape index (κ1) is 14.3. The normalized spacial score (nSPS) is 9.72. The Morgan fingerprint density at radius 1 is 1.39 bits per heavy atom. The van der Waals surface area contributed by atoms with E-state index in [-0.39, 0.29) is 13.2 Å². The Morgan fingerprint density at radius 2 is 2.11 bits per heavy atom. The summed E-state index contributed by atoms with van der Waals surface area (Å²) in [5.41, 5.74) is 0.836. The molecular weight excluding hydrogens is 258 g/mol. The second-order valence-electron chi connectivity index (χ2n) is 3.55. The van der Waals surface area contributed by atoms with Crippen molar-refractivity contribution in [3.8, 4) is 5.75 Å². The van der Waals surface area contributed by atoms with Gasteiger partial charge in [-0.25, -0.2) is 0 Å². The third-order valence-electron chi connectivity index (χ3n) is 2.15. The molecule has 0 unspecified atom stereocenters. The zero-order valence-electron chi connectivity index (χ0n) is 10.2. The number of ether oxygens (including phenoxy) is 2. The molecular formula is C12H14ClNO4. The van der Waals surface area contributed by atoms with E-state index in [2.05, 4.69) is 10.1 Å². The van der Waals surface area contributed by atoms with E-state index in [1.54, 1.807) is 18.2 Å². The minimum atomic E-state index is -0.508. The minimum Gasteiger partial charge on any atom is -0.484 e. The molecule has 0 fully saturated rings. The molecule has 0 aliphatic rings. The Hall–Kier alpha value is -1.75. The predicted octanol–water partition coefficient (Wildman–Crippen LogP) is 1.32. The first-order chi connectivity index (χ1) is 8.52. The molecule has 1 rings (SSSR count). The molecule has 0 saturated heterocycles. The van der Waals surface area contributed by atoms with Crippen LogP contribution in [0.3, 0.4) is 0 Å². The molecule has 0 spiro atoms. The summed E-state index contributed by atoms with van der Waals surface area (Å²) in [7, 11) is 1.25. The number of carbonyl (C=O) groups is 2. The number of benzene rings is 1. The van der Waals surface area contributed by atoms with Crippen LogP contribution < -0.4 is 10.1 Å². The number of rotatable bonds is 5. The Morgan fingerprint density at radius 3 is 2.72 bits per heavy atom. The summed E-state index contributed by atoms with van der Waals surface area (Å²) in [4.78, 5) is 22.1. The molecule has 1 aromatic carbocycles. The fourth-order valence-corrected chi connectivity index (χ4v) is 1.44. The molecule has 0 bridgehead atoms. The zero-order chi connectivity index (χ0) is 13.5. The molecule has 1 amide bonds. The van der Waals surface area contributed by atoms with Crippen LogP contribution in [-0.4, -0.2) is 32.1 Å². The van der Waals surface area contributed by atoms with Crippen molar-refractivity contribution in [3.05, 3.63) is 28.8 Å². The number of hydrogen-bond donors (Lipinski definition) is 1. The summed E-state index contributed by atoms with van der Waals surface area (Å²) in [6, 6.07) is 5.10. The lowest BCUT2D eigenvalue weighted by Crippen LogP contribution is -2.33. The van der Waals surface area contributed by atoms with Crippen molar-refractivity contribution in [3.63, 3.8) is 0 Å². The van der Waals surface area contributed by atoms with Gasteiger partial charge < -0.3 is 14.8 Å². The highest BCUT2D eigenvalue weighted by atomic mass is 35.5. The summed E-state index contributed by atoms with van der Waals surface area (Å²) in [5.74, 6) is -0.326. The molecule has 5 nitrogen and oxygen atoms in total. The molecule has 6 heteroatoms. The number of nitrogens with one attached hydrogen (secondary N) is 1. The third-order valence-corrected chi connectivity index (χ3v) is 2.39. The van der Waals surface area contributed by atoms with Crippen molar-refractivity contribution in [2.45, 2.75) is 6.92 Å². The van der Waals surface area contributed by atoms with Crippen LogP contribution in [-0.2, 0) is 14.3 Å².